The lowest BCUT2D eigenvalue weighted by Crippen LogP contribution is -2.60. The summed E-state index contributed by atoms with van der Waals surface area (Å²) in [6, 6.07) is -5.45. The number of nitrogens with one attached hydrogen (secondary N) is 4. The Bertz CT molecular complexity index is 834. The number of hydrogen-bond donors (Lipinski definition) is 9. The zero-order valence-electron chi connectivity index (χ0n) is 17.7. The number of aliphatic hydroxyl groups excluding tert-OH is 1. The topological polar surface area (TPSA) is 237 Å². The maximum atomic E-state index is 12.7. The monoisotopic (exact) mass is 488 g/mol. The van der Waals surface area contributed by atoms with Crippen LogP contribution in [0.5, 0.6) is 0 Å². The largest absolute Gasteiger partial charge is 0.481 e. The summed E-state index contributed by atoms with van der Waals surface area (Å²) in [5, 5.41) is 35.0. The number of carbonyl (C=O) groups is 5. The first kappa shape index (κ1) is 27.9. The van der Waals surface area contributed by atoms with E-state index in [0.717, 1.165) is 0 Å². The molecular formula is C18H28N6O8S. The maximum absolute atomic E-state index is 12.7. The van der Waals surface area contributed by atoms with Crippen molar-refractivity contribution in [1.82, 2.24) is 25.9 Å². The molecule has 0 saturated carbocycles. The summed E-state index contributed by atoms with van der Waals surface area (Å²) in [7, 11) is 0. The lowest BCUT2D eigenvalue weighted by Gasteiger charge is -2.26. The van der Waals surface area contributed by atoms with Crippen LogP contribution in [-0.4, -0.2) is 91.0 Å². The molecule has 1 aromatic rings. The second kappa shape index (κ2) is 13.4. The van der Waals surface area contributed by atoms with E-state index in [1.807, 2.05) is 0 Å². The standard InChI is InChI=1S/C18H28N6O8S/c1-8(25)14(17(30)23-12(18(31)32)4-9-5-20-7-21-9)24-16(29)11(2-3-13(26)27)22-15(28)10(19)6-33/h5,7-8,10-12,14,25,33H,2-4,6,19H2,1H3,(H,20,21)(H,22,28)(H,23,30)(H,24,29)(H,26,27)(H,31,32)/t8-,10+,11+,12+,14+/m1/s1. The Kier molecular flexibility index (Phi) is 11.3. The number of rotatable bonds is 14. The molecule has 5 atom stereocenters. The van der Waals surface area contributed by atoms with Gasteiger partial charge < -0.3 is 42.0 Å². The molecule has 3 amide bonds. The predicted molar refractivity (Wildman–Crippen MR) is 116 cm³/mol. The molecule has 1 rings (SSSR count). The summed E-state index contributed by atoms with van der Waals surface area (Å²) in [6.45, 7) is 1.19. The molecule has 14 nitrogen and oxygen atoms in total. The fraction of sp³-hybridized carbons (Fsp3) is 0.556. The van der Waals surface area contributed by atoms with E-state index in [1.54, 1.807) is 0 Å². The van der Waals surface area contributed by atoms with Gasteiger partial charge in [0.05, 0.1) is 24.2 Å². The number of carbonyl (C=O) groups excluding carboxylic acids is 3. The minimum atomic E-state index is -1.60. The van der Waals surface area contributed by atoms with Gasteiger partial charge in [0.25, 0.3) is 0 Å². The lowest BCUT2D eigenvalue weighted by atomic mass is 10.1. The number of aliphatic hydroxyl groups is 1. The summed E-state index contributed by atoms with van der Waals surface area (Å²) < 4.78 is 0. The number of imidazole rings is 1. The summed E-state index contributed by atoms with van der Waals surface area (Å²) in [4.78, 5) is 66.4. The number of aromatic amines is 1. The van der Waals surface area contributed by atoms with Gasteiger partial charge in [0.15, 0.2) is 0 Å². The SMILES string of the molecule is C[C@@H](O)[C@H](NC(=O)[C@H](CCC(=O)O)NC(=O)[C@@H](N)CS)C(=O)N[C@@H](Cc1c[nH]cn1)C(=O)O. The van der Waals surface area contributed by atoms with Crippen LogP contribution in [0.4, 0.5) is 0 Å². The third-order valence-electron chi connectivity index (χ3n) is 4.46. The highest BCUT2D eigenvalue weighted by Crippen LogP contribution is 2.04. The Labute approximate surface area is 194 Å². The number of carboxylic acids is 2. The number of thiol groups is 1. The Morgan fingerprint density at radius 1 is 1.09 bits per heavy atom. The van der Waals surface area contributed by atoms with Gasteiger partial charge in [-0.05, 0) is 13.3 Å². The van der Waals surface area contributed by atoms with Crippen LogP contribution in [0.1, 0.15) is 25.5 Å². The highest BCUT2D eigenvalue weighted by molar-refractivity contribution is 7.80. The smallest absolute Gasteiger partial charge is 0.326 e. The maximum Gasteiger partial charge on any atom is 0.326 e. The number of aliphatic carboxylic acids is 2. The third kappa shape index (κ3) is 9.46. The van der Waals surface area contributed by atoms with Crippen LogP contribution >= 0.6 is 12.6 Å². The van der Waals surface area contributed by atoms with E-state index in [9.17, 15) is 34.2 Å². The highest BCUT2D eigenvalue weighted by atomic mass is 32.1. The van der Waals surface area contributed by atoms with Crippen molar-refractivity contribution >= 4 is 42.3 Å². The average molecular weight is 489 g/mol. The van der Waals surface area contributed by atoms with Gasteiger partial charge in [-0.3, -0.25) is 19.2 Å². The molecule has 0 spiro atoms. The molecule has 0 fully saturated rings. The van der Waals surface area contributed by atoms with Crippen molar-refractivity contribution in [3.05, 3.63) is 18.2 Å². The molecule has 0 aliphatic carbocycles. The first-order valence-corrected chi connectivity index (χ1v) is 10.5. The second-order valence-electron chi connectivity index (χ2n) is 7.17. The lowest BCUT2D eigenvalue weighted by molar-refractivity contribution is -0.143. The number of hydrogen-bond acceptors (Lipinski definition) is 9. The summed E-state index contributed by atoms with van der Waals surface area (Å²) in [5.41, 5.74) is 5.91. The van der Waals surface area contributed by atoms with E-state index in [2.05, 4.69) is 38.5 Å². The fourth-order valence-corrected chi connectivity index (χ4v) is 2.80. The average Bonchev–Trinajstić information content (AvgIpc) is 3.25. The van der Waals surface area contributed by atoms with Crippen LogP contribution in [-0.2, 0) is 30.4 Å². The second-order valence-corrected chi connectivity index (χ2v) is 7.54. The molecule has 1 heterocycles. The molecule has 0 aromatic carbocycles. The molecule has 0 saturated heterocycles. The molecule has 0 bridgehead atoms. The van der Waals surface area contributed by atoms with Crippen molar-refractivity contribution in [3.63, 3.8) is 0 Å². The van der Waals surface area contributed by atoms with Crippen molar-refractivity contribution in [3.8, 4) is 0 Å². The van der Waals surface area contributed by atoms with Gasteiger partial charge in [0.1, 0.15) is 18.1 Å². The summed E-state index contributed by atoms with van der Waals surface area (Å²) >= 11 is 3.88. The molecule has 33 heavy (non-hydrogen) atoms. The van der Waals surface area contributed by atoms with Crippen LogP contribution in [0.2, 0.25) is 0 Å². The van der Waals surface area contributed by atoms with Gasteiger partial charge in [-0.15, -0.1) is 0 Å². The van der Waals surface area contributed by atoms with Crippen LogP contribution in [0.15, 0.2) is 12.5 Å². The number of aromatic nitrogens is 2. The van der Waals surface area contributed by atoms with Crippen LogP contribution in [0.3, 0.4) is 0 Å². The molecule has 0 unspecified atom stereocenters. The van der Waals surface area contributed by atoms with E-state index in [-0.39, 0.29) is 18.6 Å². The zero-order chi connectivity index (χ0) is 25.1. The summed E-state index contributed by atoms with van der Waals surface area (Å²) in [5.74, 6) is -5.36. The van der Waals surface area contributed by atoms with Gasteiger partial charge in [0, 0.05) is 24.8 Å². The molecule has 0 radical (unpaired) electrons. The summed E-state index contributed by atoms with van der Waals surface area (Å²) in [6.07, 6.45) is 0.358. The van der Waals surface area contributed by atoms with Crippen molar-refractivity contribution in [2.45, 2.75) is 56.5 Å². The quantitative estimate of drug-likeness (QED) is 0.120. The molecule has 1 aromatic heterocycles. The predicted octanol–water partition coefficient (Wildman–Crippen LogP) is -3.01. The molecular weight excluding hydrogens is 460 g/mol. The van der Waals surface area contributed by atoms with E-state index in [1.165, 1.54) is 19.4 Å². The van der Waals surface area contributed by atoms with Crippen LogP contribution < -0.4 is 21.7 Å². The van der Waals surface area contributed by atoms with Gasteiger partial charge in [-0.1, -0.05) is 0 Å². The number of amides is 3. The number of H-pyrrole nitrogens is 1. The molecule has 9 N–H and O–H groups in total. The Morgan fingerprint density at radius 2 is 1.73 bits per heavy atom. The first-order valence-electron chi connectivity index (χ1n) is 9.84. The van der Waals surface area contributed by atoms with Crippen molar-refractivity contribution in [2.75, 3.05) is 5.75 Å². The minimum Gasteiger partial charge on any atom is -0.481 e. The Balaban J connectivity index is 2.94. The zero-order valence-corrected chi connectivity index (χ0v) is 18.6. The fourth-order valence-electron chi connectivity index (χ4n) is 2.63. The van der Waals surface area contributed by atoms with Crippen molar-refractivity contribution < 1.29 is 39.3 Å². The Hall–Kier alpha value is -3.17. The molecule has 0 aliphatic heterocycles. The molecule has 184 valence electrons. The van der Waals surface area contributed by atoms with Crippen molar-refractivity contribution in [1.29, 1.82) is 0 Å². The normalized spacial score (nSPS) is 15.4. The van der Waals surface area contributed by atoms with E-state index >= 15 is 0 Å². The minimum absolute atomic E-state index is 0.0373. The Morgan fingerprint density at radius 3 is 2.21 bits per heavy atom. The highest BCUT2D eigenvalue weighted by Gasteiger charge is 2.33. The molecule has 0 aliphatic rings. The van der Waals surface area contributed by atoms with Gasteiger partial charge >= 0.3 is 11.9 Å². The number of nitrogens with zero attached hydrogens (tertiary/aromatic N) is 1. The van der Waals surface area contributed by atoms with Gasteiger partial charge in [-0.25, -0.2) is 9.78 Å². The number of nitrogens with two attached hydrogens (primary N) is 1. The number of carboxylic acid groups (broad SMARTS) is 2. The van der Waals surface area contributed by atoms with Gasteiger partial charge in [0.2, 0.25) is 17.7 Å². The first-order chi connectivity index (χ1) is 15.5. The van der Waals surface area contributed by atoms with Crippen LogP contribution in [0.25, 0.3) is 0 Å². The molecule has 15 heteroatoms. The van der Waals surface area contributed by atoms with Crippen molar-refractivity contribution in [2.24, 2.45) is 5.73 Å². The van der Waals surface area contributed by atoms with E-state index in [0.29, 0.717) is 5.69 Å². The van der Waals surface area contributed by atoms with Gasteiger partial charge in [-0.2, -0.15) is 12.6 Å². The van der Waals surface area contributed by atoms with Crippen LogP contribution in [0, 0.1) is 0 Å². The van der Waals surface area contributed by atoms with E-state index in [4.69, 9.17) is 10.8 Å². The van der Waals surface area contributed by atoms with E-state index < -0.39 is 66.4 Å². The third-order valence-corrected chi connectivity index (χ3v) is 4.85.